The molecule has 6 nitrogen and oxygen atoms in total. The molecule has 0 radical (unpaired) electrons. The van der Waals surface area contributed by atoms with Gasteiger partial charge in [-0.1, -0.05) is 18.2 Å². The highest BCUT2D eigenvalue weighted by molar-refractivity contribution is 6.07. The van der Waals surface area contributed by atoms with E-state index in [1.54, 1.807) is 11.1 Å². The number of anilines is 3. The molecule has 28 heavy (non-hydrogen) atoms. The Morgan fingerprint density at radius 2 is 1.86 bits per heavy atom. The van der Waals surface area contributed by atoms with Crippen molar-refractivity contribution in [3.05, 3.63) is 60.8 Å². The molecule has 2 aromatic carbocycles. The number of nitrogens with one attached hydrogen (secondary N) is 1. The fraction of sp³-hybridized carbons (Fsp3) is 0.227. The molecule has 1 aromatic heterocycles. The molecule has 142 valence electrons. The quantitative estimate of drug-likeness (QED) is 0.761. The zero-order valence-electron chi connectivity index (χ0n) is 15.9. The molecule has 0 saturated carbocycles. The van der Waals surface area contributed by atoms with Crippen LogP contribution in [0.3, 0.4) is 0 Å². The summed E-state index contributed by atoms with van der Waals surface area (Å²) in [6, 6.07) is 17.2. The van der Waals surface area contributed by atoms with Crippen LogP contribution in [0.4, 0.5) is 17.1 Å². The summed E-state index contributed by atoms with van der Waals surface area (Å²) in [7, 11) is 3.93. The molecule has 2 amide bonds. The molecule has 2 heterocycles. The third kappa shape index (κ3) is 3.41. The van der Waals surface area contributed by atoms with Gasteiger partial charge in [0.2, 0.25) is 11.8 Å². The number of hydrogen-bond acceptors (Lipinski definition) is 4. The van der Waals surface area contributed by atoms with E-state index < -0.39 is 0 Å². The van der Waals surface area contributed by atoms with Gasteiger partial charge < -0.3 is 15.1 Å². The first kappa shape index (κ1) is 18.0. The van der Waals surface area contributed by atoms with Crippen molar-refractivity contribution in [1.29, 1.82) is 0 Å². The van der Waals surface area contributed by atoms with E-state index in [2.05, 4.69) is 10.3 Å². The van der Waals surface area contributed by atoms with Gasteiger partial charge in [-0.15, -0.1) is 0 Å². The van der Waals surface area contributed by atoms with E-state index in [0.29, 0.717) is 6.54 Å². The Hall–Kier alpha value is -3.41. The van der Waals surface area contributed by atoms with Gasteiger partial charge in [0.15, 0.2) is 0 Å². The predicted molar refractivity (Wildman–Crippen MR) is 112 cm³/mol. The van der Waals surface area contributed by atoms with Gasteiger partial charge in [-0.05, 0) is 36.4 Å². The number of para-hydroxylation sites is 1. The third-order valence-corrected chi connectivity index (χ3v) is 5.05. The van der Waals surface area contributed by atoms with Crippen LogP contribution in [0.1, 0.15) is 6.42 Å². The third-order valence-electron chi connectivity index (χ3n) is 5.05. The number of nitrogens with zero attached hydrogens (tertiary/aromatic N) is 3. The topological polar surface area (TPSA) is 65.5 Å². The van der Waals surface area contributed by atoms with E-state index in [1.165, 1.54) is 0 Å². The molecule has 1 saturated heterocycles. The fourth-order valence-electron chi connectivity index (χ4n) is 3.51. The normalized spacial score (nSPS) is 16.4. The average molecular weight is 374 g/mol. The standard InChI is InChI=1S/C22H22N4O2/c1-25(2)18-10-8-17(9-11-18)24-22(28)16-13-20(27)26(14-16)19-7-3-5-15-6-4-12-23-21(15)19/h3-12,16H,13-14H2,1-2H3,(H,24,28). The predicted octanol–water partition coefficient (Wildman–Crippen LogP) is 3.29. The van der Waals surface area contributed by atoms with Crippen molar-refractivity contribution in [2.45, 2.75) is 6.42 Å². The number of amides is 2. The number of pyridine rings is 1. The summed E-state index contributed by atoms with van der Waals surface area (Å²) in [6.07, 6.45) is 1.92. The molecule has 1 unspecified atom stereocenters. The molecule has 3 aromatic rings. The van der Waals surface area contributed by atoms with Gasteiger partial charge in [-0.3, -0.25) is 14.6 Å². The summed E-state index contributed by atoms with van der Waals surface area (Å²) in [6.45, 7) is 0.357. The highest BCUT2D eigenvalue weighted by atomic mass is 16.2. The van der Waals surface area contributed by atoms with Crippen LogP contribution in [-0.2, 0) is 9.59 Å². The molecule has 4 rings (SSSR count). The molecule has 1 fully saturated rings. The van der Waals surface area contributed by atoms with Crippen molar-refractivity contribution in [3.8, 4) is 0 Å². The summed E-state index contributed by atoms with van der Waals surface area (Å²) in [5.74, 6) is -0.581. The van der Waals surface area contributed by atoms with Crippen LogP contribution in [0.2, 0.25) is 0 Å². The molecule has 1 atom stereocenters. The number of aromatic nitrogens is 1. The zero-order chi connectivity index (χ0) is 19.7. The van der Waals surface area contributed by atoms with Crippen LogP contribution >= 0.6 is 0 Å². The second-order valence-corrected chi connectivity index (χ2v) is 7.19. The zero-order valence-corrected chi connectivity index (χ0v) is 15.9. The van der Waals surface area contributed by atoms with E-state index in [1.807, 2.05) is 73.6 Å². The SMILES string of the molecule is CN(C)c1ccc(NC(=O)C2CC(=O)N(c3cccc4cccnc34)C2)cc1. The minimum absolute atomic E-state index is 0.0544. The van der Waals surface area contributed by atoms with Crippen molar-refractivity contribution < 1.29 is 9.59 Å². The second kappa shape index (κ2) is 7.31. The highest BCUT2D eigenvalue weighted by Crippen LogP contribution is 2.31. The molecule has 0 aliphatic carbocycles. The summed E-state index contributed by atoms with van der Waals surface area (Å²) in [5.41, 5.74) is 3.32. The minimum atomic E-state index is -0.389. The van der Waals surface area contributed by atoms with Gasteiger partial charge in [0.05, 0.1) is 17.1 Å². The highest BCUT2D eigenvalue weighted by Gasteiger charge is 2.36. The number of benzene rings is 2. The smallest absolute Gasteiger partial charge is 0.229 e. The number of rotatable bonds is 4. The minimum Gasteiger partial charge on any atom is -0.378 e. The van der Waals surface area contributed by atoms with E-state index in [0.717, 1.165) is 28.0 Å². The molecular weight excluding hydrogens is 352 g/mol. The first-order valence-electron chi connectivity index (χ1n) is 9.25. The number of carbonyl (C=O) groups excluding carboxylic acids is 2. The lowest BCUT2D eigenvalue weighted by molar-refractivity contribution is -0.122. The van der Waals surface area contributed by atoms with E-state index >= 15 is 0 Å². The molecule has 0 spiro atoms. The maximum Gasteiger partial charge on any atom is 0.229 e. The maximum absolute atomic E-state index is 12.7. The molecule has 6 heteroatoms. The summed E-state index contributed by atoms with van der Waals surface area (Å²) < 4.78 is 0. The molecule has 1 aliphatic rings. The van der Waals surface area contributed by atoms with Gasteiger partial charge in [0.1, 0.15) is 0 Å². The van der Waals surface area contributed by atoms with Crippen molar-refractivity contribution in [2.75, 3.05) is 35.8 Å². The van der Waals surface area contributed by atoms with Crippen LogP contribution in [-0.4, -0.2) is 37.4 Å². The van der Waals surface area contributed by atoms with Crippen molar-refractivity contribution >= 4 is 39.8 Å². The lowest BCUT2D eigenvalue weighted by atomic mass is 10.1. The van der Waals surface area contributed by atoms with Crippen LogP contribution in [0.15, 0.2) is 60.8 Å². The molecular formula is C22H22N4O2. The lowest BCUT2D eigenvalue weighted by Gasteiger charge is -2.18. The Morgan fingerprint density at radius 3 is 2.61 bits per heavy atom. The molecule has 0 bridgehead atoms. The van der Waals surface area contributed by atoms with Gasteiger partial charge in [0, 0.05) is 50.0 Å². The Labute approximate surface area is 163 Å². The number of carbonyl (C=O) groups is 2. The Bertz CT molecular complexity index is 1020. The monoisotopic (exact) mass is 374 g/mol. The Balaban J connectivity index is 1.50. The van der Waals surface area contributed by atoms with Gasteiger partial charge in [0.25, 0.3) is 0 Å². The van der Waals surface area contributed by atoms with Crippen molar-refractivity contribution in [2.24, 2.45) is 5.92 Å². The molecule has 1 aliphatic heterocycles. The largest absolute Gasteiger partial charge is 0.378 e. The van der Waals surface area contributed by atoms with Crippen molar-refractivity contribution in [1.82, 2.24) is 4.98 Å². The van der Waals surface area contributed by atoms with Crippen molar-refractivity contribution in [3.63, 3.8) is 0 Å². The summed E-state index contributed by atoms with van der Waals surface area (Å²) >= 11 is 0. The van der Waals surface area contributed by atoms with Crippen LogP contribution < -0.4 is 15.1 Å². The fourth-order valence-corrected chi connectivity index (χ4v) is 3.51. The first-order valence-corrected chi connectivity index (χ1v) is 9.25. The number of fused-ring (bicyclic) bond motifs is 1. The molecule has 1 N–H and O–H groups in total. The van der Waals surface area contributed by atoms with E-state index in [9.17, 15) is 9.59 Å². The first-order chi connectivity index (χ1) is 13.5. The van der Waals surface area contributed by atoms with Gasteiger partial charge >= 0.3 is 0 Å². The maximum atomic E-state index is 12.7. The summed E-state index contributed by atoms with van der Waals surface area (Å²) in [5, 5.41) is 3.90. The van der Waals surface area contributed by atoms with E-state index in [4.69, 9.17) is 0 Å². The Morgan fingerprint density at radius 1 is 1.11 bits per heavy atom. The Kier molecular flexibility index (Phi) is 4.69. The van der Waals surface area contributed by atoms with E-state index in [-0.39, 0.29) is 24.2 Å². The number of hydrogen-bond donors (Lipinski definition) is 1. The average Bonchev–Trinajstić information content (AvgIpc) is 3.09. The van der Waals surface area contributed by atoms with Crippen LogP contribution in [0.25, 0.3) is 10.9 Å². The van der Waals surface area contributed by atoms with Crippen LogP contribution in [0, 0.1) is 5.92 Å². The van der Waals surface area contributed by atoms with Gasteiger partial charge in [-0.25, -0.2) is 0 Å². The van der Waals surface area contributed by atoms with Crippen LogP contribution in [0.5, 0.6) is 0 Å². The van der Waals surface area contributed by atoms with Gasteiger partial charge in [-0.2, -0.15) is 0 Å². The second-order valence-electron chi connectivity index (χ2n) is 7.19. The lowest BCUT2D eigenvalue weighted by Crippen LogP contribution is -2.28. The summed E-state index contributed by atoms with van der Waals surface area (Å²) in [4.78, 5) is 33.4.